The molecule has 0 heterocycles. The smallest absolute Gasteiger partial charge is 0.224 e. The summed E-state index contributed by atoms with van der Waals surface area (Å²) < 4.78 is 0. The topological polar surface area (TPSA) is 70.2 Å². The Balaban J connectivity index is 2.08. The minimum Gasteiger partial charge on any atom is -0.355 e. The van der Waals surface area contributed by atoms with Crippen LogP contribution in [-0.4, -0.2) is 38.0 Å². The molecule has 0 bridgehead atoms. The van der Waals surface area contributed by atoms with Crippen LogP contribution in [0.25, 0.3) is 0 Å². The number of hydrogen-bond donors (Lipinski definition) is 3. The van der Waals surface area contributed by atoms with E-state index in [1.807, 2.05) is 37.3 Å². The van der Waals surface area contributed by atoms with Gasteiger partial charge in [0.15, 0.2) is 0 Å². The normalized spacial score (nSPS) is 10.1. The third kappa shape index (κ3) is 7.53. The molecule has 0 aliphatic rings. The zero-order chi connectivity index (χ0) is 14.6. The highest BCUT2D eigenvalue weighted by Gasteiger charge is 2.04. The molecule has 0 saturated carbocycles. The van der Waals surface area contributed by atoms with Gasteiger partial charge in [0.25, 0.3) is 0 Å². The molecule has 0 radical (unpaired) electrons. The lowest BCUT2D eigenvalue weighted by Gasteiger charge is -2.07. The maximum Gasteiger partial charge on any atom is 0.224 e. The summed E-state index contributed by atoms with van der Waals surface area (Å²) in [5, 5.41) is 8.66. The van der Waals surface area contributed by atoms with Gasteiger partial charge < -0.3 is 16.0 Å². The molecule has 0 aliphatic carbocycles. The molecule has 0 saturated heterocycles. The minimum atomic E-state index is -0.0587. The van der Waals surface area contributed by atoms with Crippen molar-refractivity contribution < 1.29 is 9.59 Å². The van der Waals surface area contributed by atoms with Crippen molar-refractivity contribution in [2.45, 2.75) is 19.8 Å². The van der Waals surface area contributed by atoms with E-state index in [2.05, 4.69) is 16.0 Å². The van der Waals surface area contributed by atoms with Crippen LogP contribution >= 0.6 is 0 Å². The molecule has 1 rings (SSSR count). The molecular formula is C15H23N3O2. The van der Waals surface area contributed by atoms with E-state index in [4.69, 9.17) is 0 Å². The van der Waals surface area contributed by atoms with Crippen LogP contribution in [0.2, 0.25) is 0 Å². The van der Waals surface area contributed by atoms with Crippen LogP contribution in [0, 0.1) is 0 Å². The SMILES string of the molecule is CCNCCNC(=O)CCNC(=O)Cc1ccccc1. The second-order valence-electron chi connectivity index (χ2n) is 4.47. The number of carbonyl (C=O) groups excluding carboxylic acids is 2. The molecule has 0 atom stereocenters. The summed E-state index contributed by atoms with van der Waals surface area (Å²) in [6.45, 7) is 4.67. The summed E-state index contributed by atoms with van der Waals surface area (Å²) in [6, 6.07) is 9.54. The van der Waals surface area contributed by atoms with Crippen molar-refractivity contribution in [2.24, 2.45) is 0 Å². The van der Waals surface area contributed by atoms with Gasteiger partial charge in [-0.15, -0.1) is 0 Å². The molecule has 0 spiro atoms. The van der Waals surface area contributed by atoms with Crippen molar-refractivity contribution in [1.82, 2.24) is 16.0 Å². The number of rotatable bonds is 9. The highest BCUT2D eigenvalue weighted by molar-refractivity contribution is 5.80. The Bertz CT molecular complexity index is 407. The van der Waals surface area contributed by atoms with E-state index in [0.717, 1.165) is 18.7 Å². The molecule has 0 unspecified atom stereocenters. The first-order chi connectivity index (χ1) is 9.72. The number of carbonyl (C=O) groups is 2. The van der Waals surface area contributed by atoms with E-state index in [0.29, 0.717) is 25.9 Å². The summed E-state index contributed by atoms with van der Waals surface area (Å²) in [6.07, 6.45) is 0.662. The fourth-order valence-electron chi connectivity index (χ4n) is 1.71. The Kier molecular flexibility index (Phi) is 8.07. The van der Waals surface area contributed by atoms with Gasteiger partial charge in [-0.05, 0) is 12.1 Å². The quantitative estimate of drug-likeness (QED) is 0.574. The Hall–Kier alpha value is -1.88. The molecule has 5 heteroatoms. The fourth-order valence-corrected chi connectivity index (χ4v) is 1.71. The van der Waals surface area contributed by atoms with Crippen molar-refractivity contribution in [2.75, 3.05) is 26.2 Å². The Morgan fingerprint density at radius 1 is 0.950 bits per heavy atom. The van der Waals surface area contributed by atoms with Crippen LogP contribution in [0.5, 0.6) is 0 Å². The number of amides is 2. The van der Waals surface area contributed by atoms with Crippen molar-refractivity contribution in [3.63, 3.8) is 0 Å². The Morgan fingerprint density at radius 3 is 2.35 bits per heavy atom. The number of benzene rings is 1. The first-order valence-electron chi connectivity index (χ1n) is 7.00. The maximum atomic E-state index is 11.6. The van der Waals surface area contributed by atoms with E-state index in [-0.39, 0.29) is 11.8 Å². The molecule has 3 N–H and O–H groups in total. The highest BCUT2D eigenvalue weighted by atomic mass is 16.2. The van der Waals surface area contributed by atoms with Crippen molar-refractivity contribution in [1.29, 1.82) is 0 Å². The second kappa shape index (κ2) is 9.97. The molecule has 2 amide bonds. The van der Waals surface area contributed by atoms with E-state index in [1.54, 1.807) is 0 Å². The second-order valence-corrected chi connectivity index (χ2v) is 4.47. The van der Waals surface area contributed by atoms with Crippen LogP contribution in [0.15, 0.2) is 30.3 Å². The minimum absolute atomic E-state index is 0.0390. The Labute approximate surface area is 120 Å². The van der Waals surface area contributed by atoms with Crippen molar-refractivity contribution in [3.05, 3.63) is 35.9 Å². The van der Waals surface area contributed by atoms with Gasteiger partial charge in [-0.3, -0.25) is 9.59 Å². The van der Waals surface area contributed by atoms with E-state index < -0.39 is 0 Å². The average molecular weight is 277 g/mol. The summed E-state index contributed by atoms with van der Waals surface area (Å²) in [4.78, 5) is 23.1. The molecule has 1 aromatic carbocycles. The van der Waals surface area contributed by atoms with Crippen LogP contribution in [0.4, 0.5) is 0 Å². The standard InChI is InChI=1S/C15H23N3O2/c1-2-16-10-11-18-14(19)8-9-17-15(20)12-13-6-4-3-5-7-13/h3-7,16H,2,8-12H2,1H3,(H,17,20)(H,18,19). The number of nitrogens with one attached hydrogen (secondary N) is 3. The average Bonchev–Trinajstić information content (AvgIpc) is 2.45. The van der Waals surface area contributed by atoms with Gasteiger partial charge >= 0.3 is 0 Å². The van der Waals surface area contributed by atoms with Crippen LogP contribution in [0.3, 0.4) is 0 Å². The molecule has 1 aromatic rings. The molecule has 5 nitrogen and oxygen atoms in total. The third-order valence-electron chi connectivity index (χ3n) is 2.76. The van der Waals surface area contributed by atoms with Gasteiger partial charge in [0.1, 0.15) is 0 Å². The van der Waals surface area contributed by atoms with Gasteiger partial charge in [-0.25, -0.2) is 0 Å². The lowest BCUT2D eigenvalue weighted by Crippen LogP contribution is -2.34. The maximum absolute atomic E-state index is 11.6. The number of likely N-dealkylation sites (N-methyl/N-ethyl adjacent to an activating group) is 1. The van der Waals surface area contributed by atoms with E-state index >= 15 is 0 Å². The predicted octanol–water partition coefficient (Wildman–Crippen LogP) is 0.461. The molecule has 0 aliphatic heterocycles. The van der Waals surface area contributed by atoms with Crippen LogP contribution in [-0.2, 0) is 16.0 Å². The molecule has 110 valence electrons. The molecule has 0 aromatic heterocycles. The van der Waals surface area contributed by atoms with Gasteiger partial charge in [0, 0.05) is 26.1 Å². The first-order valence-corrected chi connectivity index (χ1v) is 7.00. The van der Waals surface area contributed by atoms with Crippen molar-refractivity contribution in [3.8, 4) is 0 Å². The zero-order valence-electron chi connectivity index (χ0n) is 11.9. The first kappa shape index (κ1) is 16.2. The lowest BCUT2D eigenvalue weighted by molar-refractivity contribution is -0.122. The molecular weight excluding hydrogens is 254 g/mol. The van der Waals surface area contributed by atoms with Gasteiger partial charge in [-0.2, -0.15) is 0 Å². The number of hydrogen-bond acceptors (Lipinski definition) is 3. The predicted molar refractivity (Wildman–Crippen MR) is 79.3 cm³/mol. The molecule has 20 heavy (non-hydrogen) atoms. The highest BCUT2D eigenvalue weighted by Crippen LogP contribution is 1.98. The van der Waals surface area contributed by atoms with Crippen molar-refractivity contribution >= 4 is 11.8 Å². The van der Waals surface area contributed by atoms with Crippen LogP contribution < -0.4 is 16.0 Å². The lowest BCUT2D eigenvalue weighted by atomic mass is 10.1. The summed E-state index contributed by atoms with van der Waals surface area (Å²) in [5.74, 6) is -0.0976. The fraction of sp³-hybridized carbons (Fsp3) is 0.467. The summed E-state index contributed by atoms with van der Waals surface area (Å²) in [5.41, 5.74) is 0.972. The van der Waals surface area contributed by atoms with Gasteiger partial charge in [0.2, 0.25) is 11.8 Å². The monoisotopic (exact) mass is 277 g/mol. The third-order valence-corrected chi connectivity index (χ3v) is 2.76. The van der Waals surface area contributed by atoms with Crippen LogP contribution in [0.1, 0.15) is 18.9 Å². The molecule has 0 fully saturated rings. The summed E-state index contributed by atoms with van der Waals surface area (Å²) >= 11 is 0. The summed E-state index contributed by atoms with van der Waals surface area (Å²) in [7, 11) is 0. The van der Waals surface area contributed by atoms with E-state index in [9.17, 15) is 9.59 Å². The Morgan fingerprint density at radius 2 is 1.65 bits per heavy atom. The zero-order valence-corrected chi connectivity index (χ0v) is 11.9. The van der Waals surface area contributed by atoms with Gasteiger partial charge in [-0.1, -0.05) is 37.3 Å². The van der Waals surface area contributed by atoms with Gasteiger partial charge in [0.05, 0.1) is 6.42 Å². The largest absolute Gasteiger partial charge is 0.355 e. The van der Waals surface area contributed by atoms with E-state index in [1.165, 1.54) is 0 Å².